The monoisotopic (exact) mass is 299 g/mol. The van der Waals surface area contributed by atoms with Crippen LogP contribution < -0.4 is 20.9 Å². The van der Waals surface area contributed by atoms with E-state index in [1.165, 1.54) is 0 Å². The molecule has 2 aromatic rings. The molecular formula is C16H17N3O3. The van der Waals surface area contributed by atoms with Crippen LogP contribution in [0.2, 0.25) is 0 Å². The summed E-state index contributed by atoms with van der Waals surface area (Å²) < 4.78 is 10.5. The summed E-state index contributed by atoms with van der Waals surface area (Å²) in [5.41, 5.74) is 12.5. The molecule has 0 spiro atoms. The van der Waals surface area contributed by atoms with Crippen molar-refractivity contribution < 1.29 is 14.3 Å². The lowest BCUT2D eigenvalue weighted by molar-refractivity contribution is 0.100. The first-order valence-corrected chi connectivity index (χ1v) is 6.51. The van der Waals surface area contributed by atoms with Crippen LogP contribution in [0.4, 0.5) is 0 Å². The van der Waals surface area contributed by atoms with Gasteiger partial charge in [0, 0.05) is 11.6 Å². The molecule has 114 valence electrons. The standard InChI is InChI=1S/C16H17N3O3/c1-21-13-7-12(8-14(9-13)22-2)10-4-3-5-11(6-10)15(20)19-16(17)18/h3-9H,1-2H3,(H4,17,18,19,20). The van der Waals surface area contributed by atoms with Gasteiger partial charge in [-0.25, -0.2) is 0 Å². The number of ether oxygens (including phenoxy) is 2. The second kappa shape index (κ2) is 6.62. The molecule has 0 fully saturated rings. The zero-order chi connectivity index (χ0) is 16.1. The lowest BCUT2D eigenvalue weighted by atomic mass is 10.0. The number of amides is 1. The summed E-state index contributed by atoms with van der Waals surface area (Å²) in [6.07, 6.45) is 0. The fourth-order valence-electron chi connectivity index (χ4n) is 1.99. The minimum atomic E-state index is -0.489. The Morgan fingerprint density at radius 2 is 1.59 bits per heavy atom. The summed E-state index contributed by atoms with van der Waals surface area (Å²) >= 11 is 0. The normalized spacial score (nSPS) is 9.91. The lowest BCUT2D eigenvalue weighted by Gasteiger charge is -2.09. The van der Waals surface area contributed by atoms with Crippen LogP contribution in [0, 0.1) is 0 Å². The average molecular weight is 299 g/mol. The van der Waals surface area contributed by atoms with E-state index in [1.54, 1.807) is 38.5 Å². The molecule has 6 heteroatoms. The van der Waals surface area contributed by atoms with Crippen LogP contribution >= 0.6 is 0 Å². The molecule has 2 rings (SSSR count). The Balaban J connectivity index is 2.45. The third-order valence-electron chi connectivity index (χ3n) is 3.02. The van der Waals surface area contributed by atoms with Crippen LogP contribution in [0.25, 0.3) is 11.1 Å². The molecule has 0 saturated carbocycles. The van der Waals surface area contributed by atoms with Crippen LogP contribution in [-0.2, 0) is 0 Å². The number of carbonyl (C=O) groups is 1. The number of benzene rings is 2. The molecule has 0 aromatic heterocycles. The van der Waals surface area contributed by atoms with Crippen molar-refractivity contribution in [1.82, 2.24) is 0 Å². The number of guanidine groups is 1. The van der Waals surface area contributed by atoms with Crippen molar-refractivity contribution in [2.45, 2.75) is 0 Å². The SMILES string of the molecule is COc1cc(OC)cc(-c2cccc(C(=O)N=C(N)N)c2)c1. The number of hydrogen-bond acceptors (Lipinski definition) is 3. The summed E-state index contributed by atoms with van der Waals surface area (Å²) in [5, 5.41) is 0. The topological polar surface area (TPSA) is 99.9 Å². The van der Waals surface area contributed by atoms with Gasteiger partial charge in [-0.15, -0.1) is 0 Å². The van der Waals surface area contributed by atoms with E-state index in [4.69, 9.17) is 20.9 Å². The van der Waals surface area contributed by atoms with Gasteiger partial charge in [0.2, 0.25) is 0 Å². The number of carbonyl (C=O) groups excluding carboxylic acids is 1. The molecule has 0 aliphatic carbocycles. The third kappa shape index (κ3) is 3.54. The van der Waals surface area contributed by atoms with E-state index in [0.717, 1.165) is 11.1 Å². The van der Waals surface area contributed by atoms with Gasteiger partial charge in [-0.05, 0) is 35.4 Å². The number of hydrogen-bond donors (Lipinski definition) is 2. The highest BCUT2D eigenvalue weighted by Gasteiger charge is 2.08. The van der Waals surface area contributed by atoms with E-state index in [9.17, 15) is 4.79 Å². The van der Waals surface area contributed by atoms with Crippen molar-refractivity contribution in [3.63, 3.8) is 0 Å². The van der Waals surface area contributed by atoms with Crippen molar-refractivity contribution in [2.75, 3.05) is 14.2 Å². The number of aliphatic imine (C=N–C) groups is 1. The molecular weight excluding hydrogens is 282 g/mol. The molecule has 1 amide bonds. The van der Waals surface area contributed by atoms with Gasteiger partial charge in [0.15, 0.2) is 5.96 Å². The third-order valence-corrected chi connectivity index (χ3v) is 3.02. The smallest absolute Gasteiger partial charge is 0.280 e. The summed E-state index contributed by atoms with van der Waals surface area (Å²) in [4.78, 5) is 15.4. The zero-order valence-electron chi connectivity index (χ0n) is 12.4. The van der Waals surface area contributed by atoms with Gasteiger partial charge >= 0.3 is 0 Å². The molecule has 0 radical (unpaired) electrons. The van der Waals surface area contributed by atoms with Crippen molar-refractivity contribution in [2.24, 2.45) is 16.5 Å². The second-order valence-corrected chi connectivity index (χ2v) is 4.52. The minimum Gasteiger partial charge on any atom is -0.497 e. The van der Waals surface area contributed by atoms with Crippen molar-refractivity contribution in [3.8, 4) is 22.6 Å². The Morgan fingerprint density at radius 1 is 0.955 bits per heavy atom. The molecule has 22 heavy (non-hydrogen) atoms. The van der Waals surface area contributed by atoms with Gasteiger partial charge < -0.3 is 20.9 Å². The summed E-state index contributed by atoms with van der Waals surface area (Å²) in [6, 6.07) is 12.5. The maximum absolute atomic E-state index is 11.9. The van der Waals surface area contributed by atoms with Crippen molar-refractivity contribution in [3.05, 3.63) is 48.0 Å². The second-order valence-electron chi connectivity index (χ2n) is 4.52. The number of methoxy groups -OCH3 is 2. The fraction of sp³-hybridized carbons (Fsp3) is 0.125. The first-order valence-electron chi connectivity index (χ1n) is 6.51. The van der Waals surface area contributed by atoms with Crippen LogP contribution in [-0.4, -0.2) is 26.1 Å². The highest BCUT2D eigenvalue weighted by molar-refractivity contribution is 6.02. The quantitative estimate of drug-likeness (QED) is 0.662. The summed E-state index contributed by atoms with van der Waals surface area (Å²) in [7, 11) is 3.16. The number of nitrogens with two attached hydrogens (primary N) is 2. The predicted molar refractivity (Wildman–Crippen MR) is 85.1 cm³/mol. The highest BCUT2D eigenvalue weighted by atomic mass is 16.5. The molecule has 0 bridgehead atoms. The van der Waals surface area contributed by atoms with Crippen LogP contribution in [0.1, 0.15) is 10.4 Å². The van der Waals surface area contributed by atoms with Crippen LogP contribution in [0.5, 0.6) is 11.5 Å². The van der Waals surface area contributed by atoms with Gasteiger partial charge in [-0.2, -0.15) is 4.99 Å². The highest BCUT2D eigenvalue weighted by Crippen LogP contribution is 2.30. The van der Waals surface area contributed by atoms with Gasteiger partial charge in [0.05, 0.1) is 14.2 Å². The lowest BCUT2D eigenvalue weighted by Crippen LogP contribution is -2.24. The number of rotatable bonds is 4. The van der Waals surface area contributed by atoms with Crippen LogP contribution in [0.3, 0.4) is 0 Å². The molecule has 4 N–H and O–H groups in total. The van der Waals surface area contributed by atoms with Crippen molar-refractivity contribution in [1.29, 1.82) is 0 Å². The zero-order valence-corrected chi connectivity index (χ0v) is 12.4. The van der Waals surface area contributed by atoms with E-state index in [2.05, 4.69) is 4.99 Å². The van der Waals surface area contributed by atoms with Gasteiger partial charge in [0.1, 0.15) is 11.5 Å². The molecule has 2 aromatic carbocycles. The van der Waals surface area contributed by atoms with E-state index < -0.39 is 5.91 Å². The molecule has 0 unspecified atom stereocenters. The Bertz CT molecular complexity index is 700. The molecule has 0 atom stereocenters. The molecule has 6 nitrogen and oxygen atoms in total. The average Bonchev–Trinajstić information content (AvgIpc) is 2.53. The molecule has 0 aliphatic heterocycles. The fourth-order valence-corrected chi connectivity index (χ4v) is 1.99. The Kier molecular flexibility index (Phi) is 4.63. The number of nitrogens with zero attached hydrogens (tertiary/aromatic N) is 1. The Hall–Kier alpha value is -3.02. The summed E-state index contributed by atoms with van der Waals surface area (Å²) in [5.74, 6) is 0.570. The van der Waals surface area contributed by atoms with Crippen LogP contribution in [0.15, 0.2) is 47.5 Å². The largest absolute Gasteiger partial charge is 0.497 e. The first-order chi connectivity index (χ1) is 10.5. The van der Waals surface area contributed by atoms with Crippen molar-refractivity contribution >= 4 is 11.9 Å². The first kappa shape index (κ1) is 15.4. The minimum absolute atomic E-state index is 0.265. The van der Waals surface area contributed by atoms with Gasteiger partial charge in [-0.1, -0.05) is 12.1 Å². The van der Waals surface area contributed by atoms with Gasteiger partial charge in [0.25, 0.3) is 5.91 Å². The van der Waals surface area contributed by atoms with E-state index in [1.807, 2.05) is 18.2 Å². The van der Waals surface area contributed by atoms with E-state index >= 15 is 0 Å². The Morgan fingerprint density at radius 3 is 2.14 bits per heavy atom. The molecule has 0 heterocycles. The van der Waals surface area contributed by atoms with Gasteiger partial charge in [-0.3, -0.25) is 4.79 Å². The maximum Gasteiger partial charge on any atom is 0.280 e. The predicted octanol–water partition coefficient (Wildman–Crippen LogP) is 1.78. The molecule has 0 saturated heterocycles. The van der Waals surface area contributed by atoms with E-state index in [0.29, 0.717) is 17.1 Å². The Labute approximate surface area is 128 Å². The van der Waals surface area contributed by atoms with E-state index in [-0.39, 0.29) is 5.96 Å². The maximum atomic E-state index is 11.9. The molecule has 0 aliphatic rings. The summed E-state index contributed by atoms with van der Waals surface area (Å²) in [6.45, 7) is 0.